The molecule has 0 aromatic heterocycles. The fourth-order valence-electron chi connectivity index (χ4n) is 1.57. The largest absolute Gasteiger partial charge is 0.308 e. The summed E-state index contributed by atoms with van der Waals surface area (Å²) in [5, 5.41) is 2.18. The van der Waals surface area contributed by atoms with Crippen LogP contribution in [0.4, 0.5) is 5.69 Å². The van der Waals surface area contributed by atoms with Crippen LogP contribution in [0, 0.1) is 0 Å². The van der Waals surface area contributed by atoms with Crippen LogP contribution in [-0.2, 0) is 6.42 Å². The lowest BCUT2D eigenvalue weighted by Crippen LogP contribution is -2.32. The van der Waals surface area contributed by atoms with Gasteiger partial charge in [-0.3, -0.25) is 0 Å². The Kier molecular flexibility index (Phi) is 1.55. The van der Waals surface area contributed by atoms with Gasteiger partial charge < -0.3 is 5.01 Å². The standard InChI is InChI=1S/C9H12N2/c1-10-11-7-6-8-4-2-3-5-9(8)11/h2-5,10H,6-7H2,1H3. The van der Waals surface area contributed by atoms with E-state index in [0.29, 0.717) is 0 Å². The van der Waals surface area contributed by atoms with Gasteiger partial charge in [0.1, 0.15) is 0 Å². The summed E-state index contributed by atoms with van der Waals surface area (Å²) in [7, 11) is 1.96. The van der Waals surface area contributed by atoms with Crippen LogP contribution >= 0.6 is 0 Å². The lowest BCUT2D eigenvalue weighted by Gasteiger charge is -2.16. The summed E-state index contributed by atoms with van der Waals surface area (Å²) in [6, 6.07) is 8.51. The van der Waals surface area contributed by atoms with Gasteiger partial charge in [0.15, 0.2) is 0 Å². The van der Waals surface area contributed by atoms with Gasteiger partial charge in [-0.1, -0.05) is 18.2 Å². The van der Waals surface area contributed by atoms with Gasteiger partial charge in [0, 0.05) is 13.6 Å². The molecule has 0 fully saturated rings. The molecule has 0 bridgehead atoms. The number of hydrogen-bond donors (Lipinski definition) is 1. The molecule has 0 spiro atoms. The number of nitrogens with zero attached hydrogens (tertiary/aromatic N) is 1. The second-order valence-electron chi connectivity index (χ2n) is 2.75. The Bertz CT molecular complexity index is 257. The molecule has 1 aliphatic heterocycles. The number of anilines is 1. The van der Waals surface area contributed by atoms with E-state index in [2.05, 4.69) is 34.7 Å². The summed E-state index contributed by atoms with van der Waals surface area (Å²) in [4.78, 5) is 0. The molecule has 1 N–H and O–H groups in total. The molecule has 2 nitrogen and oxygen atoms in total. The van der Waals surface area contributed by atoms with Crippen molar-refractivity contribution >= 4 is 5.69 Å². The first-order valence-corrected chi connectivity index (χ1v) is 3.94. The van der Waals surface area contributed by atoms with Crippen molar-refractivity contribution in [3.8, 4) is 0 Å². The van der Waals surface area contributed by atoms with E-state index in [1.807, 2.05) is 7.05 Å². The quantitative estimate of drug-likeness (QED) is 0.643. The van der Waals surface area contributed by atoms with Gasteiger partial charge in [-0.05, 0) is 18.1 Å². The van der Waals surface area contributed by atoms with Gasteiger partial charge in [-0.15, -0.1) is 0 Å². The topological polar surface area (TPSA) is 15.3 Å². The number of nitrogens with one attached hydrogen (secondary N) is 1. The molecule has 1 aromatic carbocycles. The molecule has 2 heteroatoms. The van der Waals surface area contributed by atoms with Crippen LogP contribution in [-0.4, -0.2) is 13.6 Å². The first kappa shape index (κ1) is 6.68. The molecular formula is C9H12N2. The highest BCUT2D eigenvalue weighted by molar-refractivity contribution is 5.56. The summed E-state index contributed by atoms with van der Waals surface area (Å²) < 4.78 is 0. The highest BCUT2D eigenvalue weighted by Crippen LogP contribution is 2.24. The molecular weight excluding hydrogens is 136 g/mol. The first-order chi connectivity index (χ1) is 5.42. The molecule has 0 radical (unpaired) electrons. The molecule has 1 aliphatic rings. The van der Waals surface area contributed by atoms with Gasteiger partial charge >= 0.3 is 0 Å². The van der Waals surface area contributed by atoms with Crippen molar-refractivity contribution < 1.29 is 0 Å². The van der Waals surface area contributed by atoms with Crippen LogP contribution in [0.2, 0.25) is 0 Å². The van der Waals surface area contributed by atoms with Crippen LogP contribution in [0.5, 0.6) is 0 Å². The average molecular weight is 148 g/mol. The second-order valence-corrected chi connectivity index (χ2v) is 2.75. The smallest absolute Gasteiger partial charge is 0.0552 e. The number of para-hydroxylation sites is 1. The Balaban J connectivity index is 2.39. The van der Waals surface area contributed by atoms with Crippen LogP contribution in [0.1, 0.15) is 5.56 Å². The average Bonchev–Trinajstić information content (AvgIpc) is 2.47. The Morgan fingerprint density at radius 2 is 2.18 bits per heavy atom. The SMILES string of the molecule is CNN1CCc2ccccc21. The van der Waals surface area contributed by atoms with E-state index in [4.69, 9.17) is 0 Å². The molecule has 0 atom stereocenters. The number of benzene rings is 1. The van der Waals surface area contributed by atoms with E-state index in [1.165, 1.54) is 11.3 Å². The minimum Gasteiger partial charge on any atom is -0.308 e. The maximum Gasteiger partial charge on any atom is 0.0552 e. The lowest BCUT2D eigenvalue weighted by molar-refractivity contribution is 0.734. The first-order valence-electron chi connectivity index (χ1n) is 3.94. The number of hydrogen-bond acceptors (Lipinski definition) is 2. The number of fused-ring (bicyclic) bond motifs is 1. The molecule has 0 unspecified atom stereocenters. The van der Waals surface area contributed by atoms with Gasteiger partial charge in [0.25, 0.3) is 0 Å². The fourth-order valence-corrected chi connectivity index (χ4v) is 1.57. The highest BCUT2D eigenvalue weighted by Gasteiger charge is 2.15. The van der Waals surface area contributed by atoms with Crippen molar-refractivity contribution in [3.63, 3.8) is 0 Å². The maximum atomic E-state index is 3.15. The van der Waals surface area contributed by atoms with Gasteiger partial charge in [-0.2, -0.15) is 0 Å². The third-order valence-electron chi connectivity index (χ3n) is 2.16. The molecule has 11 heavy (non-hydrogen) atoms. The zero-order chi connectivity index (χ0) is 7.68. The minimum atomic E-state index is 1.09. The van der Waals surface area contributed by atoms with Crippen molar-refractivity contribution in [2.24, 2.45) is 0 Å². The van der Waals surface area contributed by atoms with E-state index in [1.54, 1.807) is 0 Å². The third kappa shape index (κ3) is 0.994. The predicted molar refractivity (Wildman–Crippen MR) is 46.6 cm³/mol. The van der Waals surface area contributed by atoms with Crippen LogP contribution in [0.3, 0.4) is 0 Å². The molecule has 1 heterocycles. The van der Waals surface area contributed by atoms with E-state index in [-0.39, 0.29) is 0 Å². The van der Waals surface area contributed by atoms with E-state index in [0.717, 1.165) is 13.0 Å². The molecule has 58 valence electrons. The molecule has 0 aliphatic carbocycles. The Morgan fingerprint density at radius 1 is 1.36 bits per heavy atom. The van der Waals surface area contributed by atoms with Crippen molar-refractivity contribution in [3.05, 3.63) is 29.8 Å². The van der Waals surface area contributed by atoms with Crippen molar-refractivity contribution in [2.75, 3.05) is 18.6 Å². The maximum absolute atomic E-state index is 3.15. The Labute approximate surface area is 66.8 Å². The third-order valence-corrected chi connectivity index (χ3v) is 2.16. The molecule has 0 saturated heterocycles. The summed E-state index contributed by atoms with van der Waals surface area (Å²) in [6.45, 7) is 1.09. The molecule has 2 rings (SSSR count). The van der Waals surface area contributed by atoms with Crippen molar-refractivity contribution in [1.82, 2.24) is 5.43 Å². The number of hydrazine groups is 1. The summed E-state index contributed by atoms with van der Waals surface area (Å²) in [5.74, 6) is 0. The second kappa shape index (κ2) is 2.55. The zero-order valence-corrected chi connectivity index (χ0v) is 6.67. The van der Waals surface area contributed by atoms with Crippen molar-refractivity contribution in [2.45, 2.75) is 6.42 Å². The number of rotatable bonds is 1. The fraction of sp³-hybridized carbons (Fsp3) is 0.333. The minimum absolute atomic E-state index is 1.09. The van der Waals surface area contributed by atoms with Crippen molar-refractivity contribution in [1.29, 1.82) is 0 Å². The van der Waals surface area contributed by atoms with Gasteiger partial charge in [0.05, 0.1) is 5.69 Å². The highest BCUT2D eigenvalue weighted by atomic mass is 15.5. The summed E-state index contributed by atoms with van der Waals surface area (Å²) in [5.41, 5.74) is 5.93. The predicted octanol–water partition coefficient (Wildman–Crippen LogP) is 1.18. The Hall–Kier alpha value is -1.02. The van der Waals surface area contributed by atoms with Crippen LogP contribution in [0.25, 0.3) is 0 Å². The van der Waals surface area contributed by atoms with E-state index >= 15 is 0 Å². The van der Waals surface area contributed by atoms with Crippen LogP contribution < -0.4 is 10.4 Å². The normalized spacial score (nSPS) is 15.2. The summed E-state index contributed by atoms with van der Waals surface area (Å²) >= 11 is 0. The lowest BCUT2D eigenvalue weighted by atomic mass is 10.2. The molecule has 0 saturated carbocycles. The molecule has 1 aromatic rings. The molecule has 0 amide bonds. The van der Waals surface area contributed by atoms with E-state index < -0.39 is 0 Å². The Morgan fingerprint density at radius 3 is 3.00 bits per heavy atom. The summed E-state index contributed by atoms with van der Waals surface area (Å²) in [6.07, 6.45) is 1.16. The van der Waals surface area contributed by atoms with Gasteiger partial charge in [0.2, 0.25) is 0 Å². The van der Waals surface area contributed by atoms with Crippen LogP contribution in [0.15, 0.2) is 24.3 Å². The zero-order valence-electron chi connectivity index (χ0n) is 6.67. The van der Waals surface area contributed by atoms with Gasteiger partial charge in [-0.25, -0.2) is 5.43 Å². The van der Waals surface area contributed by atoms with E-state index in [9.17, 15) is 0 Å². The monoisotopic (exact) mass is 148 g/mol.